The predicted molar refractivity (Wildman–Crippen MR) is 75.2 cm³/mol. The van der Waals surface area contributed by atoms with Gasteiger partial charge in [0, 0.05) is 35.7 Å². The summed E-state index contributed by atoms with van der Waals surface area (Å²) in [5, 5.41) is 13.0. The molecule has 18 heavy (non-hydrogen) atoms. The standard InChI is InChI=1S/C14H22ClNO2/c1-10(2)16-7-12-6-13(15)4-5-14(12)18-9-11(3)8-17/h4-6,10-11,16-17H,7-9H2,1-3H3. The Morgan fingerprint density at radius 2 is 2.06 bits per heavy atom. The summed E-state index contributed by atoms with van der Waals surface area (Å²) in [6.07, 6.45) is 0. The first-order valence-electron chi connectivity index (χ1n) is 6.28. The Balaban J connectivity index is 2.69. The van der Waals surface area contributed by atoms with Crippen molar-refractivity contribution in [1.82, 2.24) is 5.32 Å². The Hall–Kier alpha value is -0.770. The molecule has 1 aromatic rings. The van der Waals surface area contributed by atoms with Gasteiger partial charge in [-0.25, -0.2) is 0 Å². The predicted octanol–water partition coefficient (Wildman–Crippen LogP) is 2.85. The van der Waals surface area contributed by atoms with Crippen LogP contribution in [0, 0.1) is 5.92 Å². The Morgan fingerprint density at radius 3 is 2.67 bits per heavy atom. The summed E-state index contributed by atoms with van der Waals surface area (Å²) in [4.78, 5) is 0. The van der Waals surface area contributed by atoms with Gasteiger partial charge < -0.3 is 15.2 Å². The van der Waals surface area contributed by atoms with E-state index >= 15 is 0 Å². The number of rotatable bonds is 7. The van der Waals surface area contributed by atoms with Crippen LogP contribution >= 0.6 is 11.6 Å². The van der Waals surface area contributed by atoms with Gasteiger partial charge in [0.1, 0.15) is 5.75 Å². The summed E-state index contributed by atoms with van der Waals surface area (Å²) >= 11 is 6.00. The van der Waals surface area contributed by atoms with Crippen LogP contribution in [0.25, 0.3) is 0 Å². The summed E-state index contributed by atoms with van der Waals surface area (Å²) in [5.74, 6) is 0.958. The third kappa shape index (κ3) is 5.25. The van der Waals surface area contributed by atoms with Crippen LogP contribution in [0.2, 0.25) is 5.02 Å². The number of benzene rings is 1. The minimum atomic E-state index is 0.131. The molecule has 0 aromatic heterocycles. The molecule has 3 nitrogen and oxygen atoms in total. The van der Waals surface area contributed by atoms with E-state index in [1.807, 2.05) is 25.1 Å². The van der Waals surface area contributed by atoms with Crippen molar-refractivity contribution < 1.29 is 9.84 Å². The molecule has 1 unspecified atom stereocenters. The highest BCUT2D eigenvalue weighted by molar-refractivity contribution is 6.30. The zero-order chi connectivity index (χ0) is 13.5. The quantitative estimate of drug-likeness (QED) is 0.801. The average Bonchev–Trinajstić information content (AvgIpc) is 2.34. The second-order valence-electron chi connectivity index (χ2n) is 4.89. The van der Waals surface area contributed by atoms with E-state index in [1.54, 1.807) is 0 Å². The number of aliphatic hydroxyl groups excluding tert-OH is 1. The summed E-state index contributed by atoms with van der Waals surface area (Å²) in [6.45, 7) is 7.50. The first kappa shape index (κ1) is 15.3. The lowest BCUT2D eigenvalue weighted by Crippen LogP contribution is -2.22. The molecule has 0 aliphatic carbocycles. The normalized spacial score (nSPS) is 12.8. The van der Waals surface area contributed by atoms with Gasteiger partial charge in [-0.3, -0.25) is 0 Å². The van der Waals surface area contributed by atoms with Crippen LogP contribution in [0.1, 0.15) is 26.3 Å². The molecule has 1 atom stereocenters. The van der Waals surface area contributed by atoms with Crippen molar-refractivity contribution in [3.05, 3.63) is 28.8 Å². The molecule has 0 spiro atoms. The third-order valence-electron chi connectivity index (χ3n) is 2.56. The van der Waals surface area contributed by atoms with Gasteiger partial charge in [0.25, 0.3) is 0 Å². The SMILES string of the molecule is CC(CO)COc1ccc(Cl)cc1CNC(C)C. The van der Waals surface area contributed by atoms with Crippen LogP contribution < -0.4 is 10.1 Å². The molecule has 0 heterocycles. The van der Waals surface area contributed by atoms with E-state index in [9.17, 15) is 0 Å². The van der Waals surface area contributed by atoms with Gasteiger partial charge in [0.05, 0.1) is 6.61 Å². The molecular weight excluding hydrogens is 250 g/mol. The van der Waals surface area contributed by atoms with E-state index in [4.69, 9.17) is 21.4 Å². The topological polar surface area (TPSA) is 41.5 Å². The highest BCUT2D eigenvalue weighted by atomic mass is 35.5. The van der Waals surface area contributed by atoms with Crippen LogP contribution in [0.15, 0.2) is 18.2 Å². The van der Waals surface area contributed by atoms with Gasteiger partial charge in [0.2, 0.25) is 0 Å². The van der Waals surface area contributed by atoms with E-state index in [-0.39, 0.29) is 12.5 Å². The Morgan fingerprint density at radius 1 is 1.33 bits per heavy atom. The number of halogens is 1. The lowest BCUT2D eigenvalue weighted by atomic mass is 10.2. The lowest BCUT2D eigenvalue weighted by Gasteiger charge is -2.16. The van der Waals surface area contributed by atoms with E-state index < -0.39 is 0 Å². The van der Waals surface area contributed by atoms with Gasteiger partial charge in [-0.2, -0.15) is 0 Å². The summed E-state index contributed by atoms with van der Waals surface area (Å²) in [5.41, 5.74) is 1.04. The van der Waals surface area contributed by atoms with Gasteiger partial charge in [-0.05, 0) is 18.2 Å². The van der Waals surface area contributed by atoms with Crippen LogP contribution in [0.3, 0.4) is 0 Å². The second kappa shape index (κ2) is 7.62. The number of hydrogen-bond donors (Lipinski definition) is 2. The fourth-order valence-corrected chi connectivity index (χ4v) is 1.62. The molecule has 0 fully saturated rings. The average molecular weight is 272 g/mol. The minimum absolute atomic E-state index is 0.131. The van der Waals surface area contributed by atoms with Crippen LogP contribution in [-0.2, 0) is 6.54 Å². The molecule has 1 aromatic carbocycles. The first-order valence-corrected chi connectivity index (χ1v) is 6.66. The van der Waals surface area contributed by atoms with E-state index in [2.05, 4.69) is 19.2 Å². The first-order chi connectivity index (χ1) is 8.52. The summed E-state index contributed by atoms with van der Waals surface area (Å²) in [6, 6.07) is 6.02. The summed E-state index contributed by atoms with van der Waals surface area (Å²) in [7, 11) is 0. The molecule has 0 aliphatic heterocycles. The van der Waals surface area contributed by atoms with E-state index in [0.29, 0.717) is 17.7 Å². The Bertz CT molecular complexity index is 369. The number of hydrogen-bond acceptors (Lipinski definition) is 3. The Kier molecular flexibility index (Phi) is 6.47. The third-order valence-corrected chi connectivity index (χ3v) is 2.79. The second-order valence-corrected chi connectivity index (χ2v) is 5.32. The van der Waals surface area contributed by atoms with Crippen molar-refractivity contribution in [1.29, 1.82) is 0 Å². The molecule has 0 saturated carbocycles. The van der Waals surface area contributed by atoms with E-state index in [1.165, 1.54) is 0 Å². The highest BCUT2D eigenvalue weighted by Crippen LogP contribution is 2.23. The van der Waals surface area contributed by atoms with Crippen molar-refractivity contribution in [3.8, 4) is 5.75 Å². The smallest absolute Gasteiger partial charge is 0.123 e. The lowest BCUT2D eigenvalue weighted by molar-refractivity contribution is 0.173. The molecule has 0 saturated heterocycles. The number of ether oxygens (including phenoxy) is 1. The summed E-state index contributed by atoms with van der Waals surface area (Å²) < 4.78 is 5.72. The van der Waals surface area contributed by atoms with Crippen molar-refractivity contribution in [2.75, 3.05) is 13.2 Å². The molecule has 1 rings (SSSR count). The van der Waals surface area contributed by atoms with Crippen LogP contribution in [0.5, 0.6) is 5.75 Å². The molecule has 2 N–H and O–H groups in total. The molecule has 102 valence electrons. The largest absolute Gasteiger partial charge is 0.493 e. The van der Waals surface area contributed by atoms with Gasteiger partial charge in [-0.1, -0.05) is 32.4 Å². The fourth-order valence-electron chi connectivity index (χ4n) is 1.43. The molecule has 0 bridgehead atoms. The van der Waals surface area contributed by atoms with E-state index in [0.717, 1.165) is 17.9 Å². The molecule has 0 aliphatic rings. The van der Waals surface area contributed by atoms with Crippen LogP contribution in [-0.4, -0.2) is 24.4 Å². The molecule has 0 radical (unpaired) electrons. The van der Waals surface area contributed by atoms with Crippen molar-refractivity contribution in [2.45, 2.75) is 33.4 Å². The van der Waals surface area contributed by atoms with Crippen molar-refractivity contribution in [3.63, 3.8) is 0 Å². The molecule has 4 heteroatoms. The zero-order valence-corrected chi connectivity index (χ0v) is 12.0. The molecular formula is C14H22ClNO2. The Labute approximate surface area is 114 Å². The van der Waals surface area contributed by atoms with Gasteiger partial charge in [0.15, 0.2) is 0 Å². The van der Waals surface area contributed by atoms with Crippen molar-refractivity contribution >= 4 is 11.6 Å². The maximum Gasteiger partial charge on any atom is 0.123 e. The zero-order valence-electron chi connectivity index (χ0n) is 11.2. The van der Waals surface area contributed by atoms with Gasteiger partial charge in [-0.15, -0.1) is 0 Å². The fraction of sp³-hybridized carbons (Fsp3) is 0.571. The maximum absolute atomic E-state index is 8.99. The minimum Gasteiger partial charge on any atom is -0.493 e. The van der Waals surface area contributed by atoms with Crippen molar-refractivity contribution in [2.24, 2.45) is 5.92 Å². The number of aliphatic hydroxyl groups is 1. The van der Waals surface area contributed by atoms with Crippen LogP contribution in [0.4, 0.5) is 0 Å². The maximum atomic E-state index is 8.99. The molecule has 0 amide bonds. The highest BCUT2D eigenvalue weighted by Gasteiger charge is 2.07. The number of nitrogens with one attached hydrogen (secondary N) is 1. The monoisotopic (exact) mass is 271 g/mol. The van der Waals surface area contributed by atoms with Gasteiger partial charge >= 0.3 is 0 Å².